The fourth-order valence-electron chi connectivity index (χ4n) is 1.86. The van der Waals surface area contributed by atoms with Crippen LogP contribution in [0.15, 0.2) is 27.6 Å². The van der Waals surface area contributed by atoms with Gasteiger partial charge in [-0.15, -0.1) is 0 Å². The van der Waals surface area contributed by atoms with Gasteiger partial charge in [-0.25, -0.2) is 0 Å². The third kappa shape index (κ3) is 4.59. The van der Waals surface area contributed by atoms with Crippen LogP contribution in [0.25, 0.3) is 0 Å². The molecular formula is C14H21BrN2O2S. The molecule has 0 radical (unpaired) electrons. The molecule has 0 aliphatic carbocycles. The molecule has 6 heteroatoms. The van der Waals surface area contributed by atoms with E-state index >= 15 is 0 Å². The van der Waals surface area contributed by atoms with Crippen LogP contribution in [0.5, 0.6) is 0 Å². The highest BCUT2D eigenvalue weighted by Crippen LogP contribution is 2.23. The summed E-state index contributed by atoms with van der Waals surface area (Å²) in [7, 11) is -1.46. The summed E-state index contributed by atoms with van der Waals surface area (Å²) in [5, 5.41) is 2.25. The van der Waals surface area contributed by atoms with Gasteiger partial charge in [0.15, 0.2) is 0 Å². The monoisotopic (exact) mass is 360 g/mol. The highest BCUT2D eigenvalue weighted by atomic mass is 79.9. The molecule has 0 aliphatic rings. The van der Waals surface area contributed by atoms with Gasteiger partial charge in [0.25, 0.3) is 0 Å². The van der Waals surface area contributed by atoms with E-state index in [0.29, 0.717) is 10.6 Å². The van der Waals surface area contributed by atoms with Crippen molar-refractivity contribution in [3.63, 3.8) is 0 Å². The fraction of sp³-hybridized carbons (Fsp3) is 0.500. The maximum atomic E-state index is 12.4. The van der Waals surface area contributed by atoms with E-state index in [-0.39, 0.29) is 11.9 Å². The van der Waals surface area contributed by atoms with Crippen molar-refractivity contribution in [3.8, 4) is 0 Å². The van der Waals surface area contributed by atoms with Crippen LogP contribution in [-0.2, 0) is 15.6 Å². The molecule has 0 bridgehead atoms. The molecule has 0 fully saturated rings. The van der Waals surface area contributed by atoms with Gasteiger partial charge < -0.3 is 11.1 Å². The lowest BCUT2D eigenvalue weighted by Gasteiger charge is -2.17. The molecule has 1 amide bonds. The minimum absolute atomic E-state index is 0.0919. The number of anilines is 1. The number of amides is 1. The van der Waals surface area contributed by atoms with Crippen LogP contribution in [0.1, 0.15) is 33.6 Å². The van der Waals surface area contributed by atoms with Crippen molar-refractivity contribution in [1.82, 2.24) is 5.32 Å². The van der Waals surface area contributed by atoms with Crippen molar-refractivity contribution in [3.05, 3.63) is 22.7 Å². The van der Waals surface area contributed by atoms with Crippen LogP contribution in [0.3, 0.4) is 0 Å². The normalized spacial score (nSPS) is 15.4. The van der Waals surface area contributed by atoms with Crippen LogP contribution in [0, 0.1) is 0 Å². The van der Waals surface area contributed by atoms with Gasteiger partial charge in [0.1, 0.15) is 5.25 Å². The Morgan fingerprint density at radius 3 is 2.65 bits per heavy atom. The lowest BCUT2D eigenvalue weighted by atomic mass is 10.2. The number of hydrogen-bond acceptors (Lipinski definition) is 3. The molecule has 1 rings (SSSR count). The van der Waals surface area contributed by atoms with Crippen LogP contribution in [0.2, 0.25) is 0 Å². The zero-order chi connectivity index (χ0) is 15.3. The molecule has 20 heavy (non-hydrogen) atoms. The molecule has 3 N–H and O–H groups in total. The fourth-order valence-corrected chi connectivity index (χ4v) is 3.37. The van der Waals surface area contributed by atoms with Gasteiger partial charge in [-0.2, -0.15) is 0 Å². The number of nitrogen functional groups attached to an aromatic ring is 1. The van der Waals surface area contributed by atoms with Crippen LogP contribution in [-0.4, -0.2) is 21.4 Å². The van der Waals surface area contributed by atoms with Crippen molar-refractivity contribution in [1.29, 1.82) is 0 Å². The summed E-state index contributed by atoms with van der Waals surface area (Å²) >= 11 is 3.30. The van der Waals surface area contributed by atoms with E-state index in [9.17, 15) is 9.00 Å². The summed E-state index contributed by atoms with van der Waals surface area (Å²) in [6.07, 6.45) is 1.91. The minimum Gasteiger partial charge on any atom is -0.398 e. The minimum atomic E-state index is -1.46. The third-order valence-corrected chi connectivity index (χ3v) is 5.14. The van der Waals surface area contributed by atoms with Crippen molar-refractivity contribution in [2.24, 2.45) is 0 Å². The highest BCUT2D eigenvalue weighted by molar-refractivity contribution is 9.10. The number of nitrogens with two attached hydrogens (primary N) is 1. The summed E-state index contributed by atoms with van der Waals surface area (Å²) in [4.78, 5) is 12.6. The topological polar surface area (TPSA) is 72.2 Å². The summed E-state index contributed by atoms with van der Waals surface area (Å²) < 4.78 is 13.2. The van der Waals surface area contributed by atoms with Gasteiger partial charge in [-0.05, 0) is 38.5 Å². The van der Waals surface area contributed by atoms with Gasteiger partial charge in [0, 0.05) is 16.2 Å². The zero-order valence-corrected chi connectivity index (χ0v) is 14.4. The smallest absolute Gasteiger partial charge is 0.236 e. The lowest BCUT2D eigenvalue weighted by Crippen LogP contribution is -2.40. The molecule has 0 heterocycles. The number of nitrogens with one attached hydrogen (secondary N) is 1. The highest BCUT2D eigenvalue weighted by Gasteiger charge is 2.23. The van der Waals surface area contributed by atoms with Crippen LogP contribution < -0.4 is 11.1 Å². The van der Waals surface area contributed by atoms with Gasteiger partial charge in [-0.1, -0.05) is 29.3 Å². The molecule has 112 valence electrons. The Labute approximate surface area is 131 Å². The standard InChI is InChI=1S/C14H21BrN2O2S/c1-4-5-9(2)17-14(18)10(3)20(19)13-7-6-11(15)8-12(13)16/h6-10H,4-5,16H2,1-3H3,(H,17,18). The molecule has 0 saturated carbocycles. The van der Waals surface area contributed by atoms with Crippen LogP contribution in [0.4, 0.5) is 5.69 Å². The Hall–Kier alpha value is -0.880. The number of halogens is 1. The molecule has 0 aliphatic heterocycles. The largest absolute Gasteiger partial charge is 0.398 e. The number of carbonyl (C=O) groups excluding carboxylic acids is 1. The van der Waals surface area contributed by atoms with Crippen molar-refractivity contribution >= 4 is 38.3 Å². The second kappa shape index (κ2) is 7.78. The van der Waals surface area contributed by atoms with Crippen molar-refractivity contribution < 1.29 is 9.00 Å². The van der Waals surface area contributed by atoms with E-state index in [0.717, 1.165) is 17.3 Å². The van der Waals surface area contributed by atoms with Crippen molar-refractivity contribution in [2.45, 2.75) is 49.8 Å². The first-order valence-corrected chi connectivity index (χ1v) is 8.63. The van der Waals surface area contributed by atoms with Gasteiger partial charge in [-0.3, -0.25) is 9.00 Å². The van der Waals surface area contributed by atoms with Gasteiger partial charge in [0.2, 0.25) is 5.91 Å². The Morgan fingerprint density at radius 2 is 2.10 bits per heavy atom. The number of rotatable bonds is 6. The van der Waals surface area contributed by atoms with E-state index in [1.807, 2.05) is 6.92 Å². The molecule has 1 aromatic rings. The van der Waals surface area contributed by atoms with E-state index in [1.54, 1.807) is 25.1 Å². The Balaban J connectivity index is 2.78. The molecule has 0 saturated heterocycles. The zero-order valence-electron chi connectivity index (χ0n) is 12.0. The molecule has 0 aromatic heterocycles. The van der Waals surface area contributed by atoms with Crippen LogP contribution >= 0.6 is 15.9 Å². The van der Waals surface area contributed by atoms with E-state index in [2.05, 4.69) is 28.2 Å². The lowest BCUT2D eigenvalue weighted by molar-refractivity contribution is -0.121. The summed E-state index contributed by atoms with van der Waals surface area (Å²) in [5.74, 6) is -0.202. The van der Waals surface area contributed by atoms with Gasteiger partial charge >= 0.3 is 0 Å². The number of benzene rings is 1. The third-order valence-electron chi connectivity index (χ3n) is 2.99. The first kappa shape index (κ1) is 17.2. The molecular weight excluding hydrogens is 340 g/mol. The SMILES string of the molecule is CCCC(C)NC(=O)C(C)S(=O)c1ccc(Br)cc1N. The maximum Gasteiger partial charge on any atom is 0.236 e. The molecule has 4 nitrogen and oxygen atoms in total. The maximum absolute atomic E-state index is 12.4. The van der Waals surface area contributed by atoms with Gasteiger partial charge in [0.05, 0.1) is 15.7 Å². The average molecular weight is 361 g/mol. The second-order valence-electron chi connectivity index (χ2n) is 4.82. The summed E-state index contributed by atoms with van der Waals surface area (Å²) in [5.41, 5.74) is 6.28. The quantitative estimate of drug-likeness (QED) is 0.766. The van der Waals surface area contributed by atoms with Crippen molar-refractivity contribution in [2.75, 3.05) is 5.73 Å². The van der Waals surface area contributed by atoms with E-state index in [1.165, 1.54) is 0 Å². The summed E-state index contributed by atoms with van der Waals surface area (Å²) in [6.45, 7) is 5.67. The predicted octanol–water partition coefficient (Wildman–Crippen LogP) is 2.83. The molecule has 1 aromatic carbocycles. The average Bonchev–Trinajstić information content (AvgIpc) is 2.37. The number of hydrogen-bond donors (Lipinski definition) is 2. The Bertz CT molecular complexity index is 508. The first-order chi connectivity index (χ1) is 9.36. The Kier molecular flexibility index (Phi) is 6.68. The molecule has 0 spiro atoms. The molecule has 3 unspecified atom stereocenters. The second-order valence-corrected chi connectivity index (χ2v) is 7.48. The van der Waals surface area contributed by atoms with E-state index < -0.39 is 16.0 Å². The predicted molar refractivity (Wildman–Crippen MR) is 86.9 cm³/mol. The van der Waals surface area contributed by atoms with E-state index in [4.69, 9.17) is 5.73 Å². The first-order valence-electron chi connectivity index (χ1n) is 6.62. The summed E-state index contributed by atoms with van der Waals surface area (Å²) in [6, 6.07) is 5.24. The number of carbonyl (C=O) groups is 1. The Morgan fingerprint density at radius 1 is 1.45 bits per heavy atom. The molecule has 3 atom stereocenters.